The Morgan fingerprint density at radius 1 is 1.37 bits per heavy atom. The quantitative estimate of drug-likeness (QED) is 0.833. The molecule has 5 heteroatoms. The van der Waals surface area contributed by atoms with Gasteiger partial charge < -0.3 is 9.15 Å². The third-order valence-corrected chi connectivity index (χ3v) is 4.68. The monoisotopic (exact) mass is 259 g/mol. The van der Waals surface area contributed by atoms with E-state index in [0.717, 1.165) is 24.8 Å². The van der Waals surface area contributed by atoms with Gasteiger partial charge in [0.1, 0.15) is 0 Å². The molecule has 0 atom stereocenters. The molecule has 1 heterocycles. The zero-order valence-corrected chi connectivity index (χ0v) is 10.5. The maximum absolute atomic E-state index is 11.7. The molecule has 19 heavy (non-hydrogen) atoms. The molecule has 3 aliphatic carbocycles. The van der Waals surface area contributed by atoms with Crippen LogP contribution in [0.1, 0.15) is 24.8 Å². The summed E-state index contributed by atoms with van der Waals surface area (Å²) in [6, 6.07) is 5.76. The van der Waals surface area contributed by atoms with Crippen molar-refractivity contribution in [3.05, 3.63) is 34.3 Å². The number of rotatable bonds is 2. The lowest BCUT2D eigenvalue weighted by atomic mass is 9.33. The smallest absolute Gasteiger partial charge is 0.417 e. The Bertz CT molecular complexity index is 734. The molecule has 1 aromatic heterocycles. The molecule has 3 aliphatic rings. The summed E-state index contributed by atoms with van der Waals surface area (Å²) in [4.78, 5) is 25.5. The number of H-pyrrole nitrogens is 1. The summed E-state index contributed by atoms with van der Waals surface area (Å²) in [6.45, 7) is 0. The molecule has 3 saturated carbocycles. The van der Waals surface area contributed by atoms with Gasteiger partial charge >= 0.3 is 11.7 Å². The molecular formula is C14H13NO4. The Balaban J connectivity index is 1.67. The van der Waals surface area contributed by atoms with Gasteiger partial charge in [0.2, 0.25) is 0 Å². The number of esters is 1. The van der Waals surface area contributed by atoms with Crippen LogP contribution in [-0.2, 0) is 14.9 Å². The van der Waals surface area contributed by atoms with Gasteiger partial charge in [0, 0.05) is 0 Å². The van der Waals surface area contributed by atoms with E-state index in [1.165, 1.54) is 12.7 Å². The number of oxazole rings is 1. The summed E-state index contributed by atoms with van der Waals surface area (Å²) >= 11 is 0. The largest absolute Gasteiger partial charge is 0.469 e. The van der Waals surface area contributed by atoms with E-state index in [-0.39, 0.29) is 16.8 Å². The zero-order chi connectivity index (χ0) is 13.3. The summed E-state index contributed by atoms with van der Waals surface area (Å²) < 4.78 is 9.84. The molecule has 3 fully saturated rings. The predicted molar refractivity (Wildman–Crippen MR) is 66.8 cm³/mol. The molecule has 0 aliphatic heterocycles. The number of methoxy groups -OCH3 is 1. The molecule has 2 bridgehead atoms. The molecule has 0 amide bonds. The number of hydrogen-bond donors (Lipinski definition) is 1. The molecule has 0 saturated heterocycles. The van der Waals surface area contributed by atoms with Crippen LogP contribution in [0.25, 0.3) is 11.1 Å². The van der Waals surface area contributed by atoms with Crippen molar-refractivity contribution in [3.63, 3.8) is 0 Å². The fourth-order valence-electron chi connectivity index (χ4n) is 3.81. The van der Waals surface area contributed by atoms with Crippen LogP contribution in [0.4, 0.5) is 0 Å². The second kappa shape index (κ2) is 3.10. The number of hydrogen-bond acceptors (Lipinski definition) is 4. The summed E-state index contributed by atoms with van der Waals surface area (Å²) in [5.41, 5.74) is 2.31. The van der Waals surface area contributed by atoms with Crippen LogP contribution in [0.3, 0.4) is 0 Å². The molecule has 1 N–H and O–H groups in total. The van der Waals surface area contributed by atoms with Crippen LogP contribution in [-0.4, -0.2) is 18.1 Å². The number of carbonyl (C=O) groups is 1. The van der Waals surface area contributed by atoms with Crippen LogP contribution >= 0.6 is 0 Å². The van der Waals surface area contributed by atoms with Crippen LogP contribution < -0.4 is 5.76 Å². The lowest BCUT2D eigenvalue weighted by molar-refractivity contribution is -0.198. The Kier molecular flexibility index (Phi) is 1.77. The number of aromatic nitrogens is 1. The molecule has 2 aromatic rings. The van der Waals surface area contributed by atoms with Gasteiger partial charge in [0.05, 0.1) is 18.0 Å². The Labute approximate surface area is 108 Å². The fraction of sp³-hybridized carbons (Fsp3) is 0.429. The Morgan fingerprint density at radius 3 is 2.79 bits per heavy atom. The number of carbonyl (C=O) groups excluding carboxylic acids is 1. The molecule has 0 unspecified atom stereocenters. The van der Waals surface area contributed by atoms with Crippen molar-refractivity contribution in [2.45, 2.75) is 24.7 Å². The molecular weight excluding hydrogens is 246 g/mol. The van der Waals surface area contributed by atoms with E-state index in [1.807, 2.05) is 18.2 Å². The summed E-state index contributed by atoms with van der Waals surface area (Å²) in [5, 5.41) is 0. The second-order valence-corrected chi connectivity index (χ2v) is 5.81. The maximum atomic E-state index is 11.7. The van der Waals surface area contributed by atoms with Crippen molar-refractivity contribution in [2.75, 3.05) is 7.11 Å². The van der Waals surface area contributed by atoms with E-state index in [0.29, 0.717) is 5.58 Å². The summed E-state index contributed by atoms with van der Waals surface area (Å²) in [6.07, 6.45) is 2.54. The first-order valence-electron chi connectivity index (χ1n) is 6.29. The van der Waals surface area contributed by atoms with E-state index in [4.69, 9.17) is 9.15 Å². The van der Waals surface area contributed by atoms with Gasteiger partial charge in [-0.2, -0.15) is 0 Å². The first-order valence-corrected chi connectivity index (χ1v) is 6.29. The highest BCUT2D eigenvalue weighted by molar-refractivity contribution is 5.83. The van der Waals surface area contributed by atoms with Crippen LogP contribution in [0, 0.1) is 5.41 Å². The number of aromatic amines is 1. The predicted octanol–water partition coefficient (Wildman–Crippen LogP) is 1.72. The van der Waals surface area contributed by atoms with E-state index < -0.39 is 5.76 Å². The van der Waals surface area contributed by atoms with Gasteiger partial charge in [-0.05, 0) is 42.4 Å². The SMILES string of the molecule is COC(=O)C12CC(c3ccc4oc(=O)[nH]c4c3)(C1)C2. The third-order valence-electron chi connectivity index (χ3n) is 4.68. The molecule has 0 radical (unpaired) electrons. The average molecular weight is 259 g/mol. The Morgan fingerprint density at radius 2 is 2.11 bits per heavy atom. The van der Waals surface area contributed by atoms with Crippen LogP contribution in [0.5, 0.6) is 0 Å². The van der Waals surface area contributed by atoms with Gasteiger partial charge in [-0.25, -0.2) is 4.79 Å². The lowest BCUT2D eigenvalue weighted by Gasteiger charge is -2.68. The molecule has 5 rings (SSSR count). The van der Waals surface area contributed by atoms with Gasteiger partial charge in [-0.15, -0.1) is 0 Å². The topological polar surface area (TPSA) is 72.3 Å². The van der Waals surface area contributed by atoms with E-state index in [1.54, 1.807) is 0 Å². The van der Waals surface area contributed by atoms with Gasteiger partial charge in [-0.3, -0.25) is 9.78 Å². The highest BCUT2D eigenvalue weighted by Gasteiger charge is 2.72. The second-order valence-electron chi connectivity index (χ2n) is 5.81. The molecule has 0 spiro atoms. The number of nitrogens with one attached hydrogen (secondary N) is 1. The lowest BCUT2D eigenvalue weighted by Crippen LogP contribution is -2.68. The highest BCUT2D eigenvalue weighted by Crippen LogP contribution is 2.74. The highest BCUT2D eigenvalue weighted by atomic mass is 16.5. The third kappa shape index (κ3) is 1.20. The number of ether oxygens (including phenoxy) is 1. The van der Waals surface area contributed by atoms with E-state index in [2.05, 4.69) is 4.98 Å². The fourth-order valence-corrected chi connectivity index (χ4v) is 3.81. The van der Waals surface area contributed by atoms with Gasteiger partial charge in [0.25, 0.3) is 0 Å². The van der Waals surface area contributed by atoms with Gasteiger partial charge in [0.15, 0.2) is 5.58 Å². The first kappa shape index (κ1) is 10.8. The van der Waals surface area contributed by atoms with Crippen molar-refractivity contribution >= 4 is 17.1 Å². The summed E-state index contributed by atoms with van der Waals surface area (Å²) in [5.74, 6) is -0.525. The first-order chi connectivity index (χ1) is 9.07. The molecule has 5 nitrogen and oxygen atoms in total. The van der Waals surface area contributed by atoms with E-state index >= 15 is 0 Å². The number of fused-ring (bicyclic) bond motifs is 1. The van der Waals surface area contributed by atoms with Crippen LogP contribution in [0.15, 0.2) is 27.4 Å². The van der Waals surface area contributed by atoms with Gasteiger partial charge in [-0.1, -0.05) is 6.07 Å². The zero-order valence-electron chi connectivity index (χ0n) is 10.5. The Hall–Kier alpha value is -2.04. The maximum Gasteiger partial charge on any atom is 0.417 e. The van der Waals surface area contributed by atoms with Crippen LogP contribution in [0.2, 0.25) is 0 Å². The average Bonchev–Trinajstić information content (AvgIpc) is 2.64. The van der Waals surface area contributed by atoms with Crippen molar-refractivity contribution in [2.24, 2.45) is 5.41 Å². The normalized spacial score (nSPS) is 31.6. The molecule has 98 valence electrons. The van der Waals surface area contributed by atoms with Crippen molar-refractivity contribution in [3.8, 4) is 0 Å². The van der Waals surface area contributed by atoms with Crippen molar-refractivity contribution in [1.29, 1.82) is 0 Å². The minimum Gasteiger partial charge on any atom is -0.469 e. The number of benzene rings is 1. The molecule has 1 aromatic carbocycles. The minimum atomic E-state index is -0.434. The standard InChI is InChI=1S/C14H13NO4/c1-18-11(16)14-5-13(6-14,7-14)8-2-3-10-9(4-8)15-12(17)19-10/h2-4H,5-7H2,1H3,(H,15,17). The van der Waals surface area contributed by atoms with Crippen molar-refractivity contribution in [1.82, 2.24) is 4.98 Å². The minimum absolute atomic E-state index is 0.0906. The van der Waals surface area contributed by atoms with Crippen molar-refractivity contribution < 1.29 is 13.9 Å². The van der Waals surface area contributed by atoms with E-state index in [9.17, 15) is 9.59 Å². The summed E-state index contributed by atoms with van der Waals surface area (Å²) in [7, 11) is 1.44.